The molecular weight excluding hydrogens is 334 g/mol. The summed E-state index contributed by atoms with van der Waals surface area (Å²) in [7, 11) is -1.54. The van der Waals surface area contributed by atoms with Gasteiger partial charge in [0, 0.05) is 17.8 Å². The third-order valence-electron chi connectivity index (χ3n) is 3.65. The molecule has 3 N–H and O–H groups in total. The van der Waals surface area contributed by atoms with E-state index >= 15 is 0 Å². The summed E-state index contributed by atoms with van der Waals surface area (Å²) in [4.78, 5) is 24.0. The zero-order valence-electron chi connectivity index (χ0n) is 13.5. The van der Waals surface area contributed by atoms with Gasteiger partial charge in [-0.1, -0.05) is 6.07 Å². The fourth-order valence-corrected chi connectivity index (χ4v) is 4.02. The third kappa shape index (κ3) is 5.12. The SMILES string of the molecule is COc1cccc(NC(=O)[C@H](C)NC(=O)N[C@H]2CCS(=O)(=O)C2)c1. The Hall–Kier alpha value is -2.29. The summed E-state index contributed by atoms with van der Waals surface area (Å²) in [6, 6.07) is 5.09. The van der Waals surface area contributed by atoms with Crippen molar-refractivity contribution in [1.82, 2.24) is 10.6 Å². The zero-order chi connectivity index (χ0) is 17.7. The smallest absolute Gasteiger partial charge is 0.315 e. The Morgan fingerprint density at radius 3 is 2.71 bits per heavy atom. The van der Waals surface area contributed by atoms with E-state index in [1.165, 1.54) is 7.11 Å². The minimum atomic E-state index is -3.07. The number of hydrogen-bond donors (Lipinski definition) is 3. The van der Waals surface area contributed by atoms with Crippen LogP contribution in [0.4, 0.5) is 10.5 Å². The monoisotopic (exact) mass is 355 g/mol. The molecule has 1 fully saturated rings. The summed E-state index contributed by atoms with van der Waals surface area (Å²) in [6.45, 7) is 1.54. The van der Waals surface area contributed by atoms with Crippen LogP contribution in [0, 0.1) is 0 Å². The Labute approximate surface area is 140 Å². The predicted molar refractivity (Wildman–Crippen MR) is 89.8 cm³/mol. The molecule has 0 bridgehead atoms. The lowest BCUT2D eigenvalue weighted by atomic mass is 10.2. The van der Waals surface area contributed by atoms with Crippen LogP contribution < -0.4 is 20.7 Å². The molecular formula is C15H21N3O5S. The van der Waals surface area contributed by atoms with Gasteiger partial charge in [0.1, 0.15) is 11.8 Å². The number of methoxy groups -OCH3 is 1. The molecule has 132 valence electrons. The molecule has 9 heteroatoms. The van der Waals surface area contributed by atoms with Crippen LogP contribution in [0.1, 0.15) is 13.3 Å². The standard InChI is InChI=1S/C15H21N3O5S/c1-10(14(19)17-11-4-3-5-13(8-11)23-2)16-15(20)18-12-6-7-24(21,22)9-12/h3-5,8,10,12H,6-7,9H2,1-2H3,(H,17,19)(H2,16,18,20)/t10-,12-/m0/s1. The molecule has 1 heterocycles. The van der Waals surface area contributed by atoms with E-state index in [2.05, 4.69) is 16.0 Å². The minimum absolute atomic E-state index is 0.0647. The molecule has 3 amide bonds. The Kier molecular flexibility index (Phi) is 5.66. The van der Waals surface area contributed by atoms with Crippen molar-refractivity contribution in [2.75, 3.05) is 23.9 Å². The average molecular weight is 355 g/mol. The molecule has 1 aromatic carbocycles. The molecule has 1 aliphatic rings. The molecule has 0 radical (unpaired) electrons. The first-order valence-electron chi connectivity index (χ1n) is 7.51. The van der Waals surface area contributed by atoms with Gasteiger partial charge < -0.3 is 20.7 Å². The molecule has 24 heavy (non-hydrogen) atoms. The molecule has 0 spiro atoms. The molecule has 0 aliphatic carbocycles. The van der Waals surface area contributed by atoms with Crippen LogP contribution >= 0.6 is 0 Å². The number of urea groups is 1. The number of amides is 3. The maximum atomic E-state index is 12.1. The number of sulfone groups is 1. The fourth-order valence-electron chi connectivity index (χ4n) is 2.35. The number of carbonyl (C=O) groups excluding carboxylic acids is 2. The average Bonchev–Trinajstić information content (AvgIpc) is 2.85. The molecule has 2 rings (SSSR count). The Balaban J connectivity index is 1.83. The second-order valence-electron chi connectivity index (χ2n) is 5.66. The number of anilines is 1. The van der Waals surface area contributed by atoms with Gasteiger partial charge in [-0.2, -0.15) is 0 Å². The number of rotatable bonds is 5. The Morgan fingerprint density at radius 2 is 2.08 bits per heavy atom. The number of carbonyl (C=O) groups is 2. The second-order valence-corrected chi connectivity index (χ2v) is 7.89. The largest absolute Gasteiger partial charge is 0.497 e. The van der Waals surface area contributed by atoms with Crippen molar-refractivity contribution >= 4 is 27.5 Å². The highest BCUT2D eigenvalue weighted by Gasteiger charge is 2.29. The van der Waals surface area contributed by atoms with E-state index in [-0.39, 0.29) is 11.5 Å². The van der Waals surface area contributed by atoms with Crippen LogP contribution in [0.2, 0.25) is 0 Å². The van der Waals surface area contributed by atoms with Gasteiger partial charge in [0.25, 0.3) is 0 Å². The van der Waals surface area contributed by atoms with Crippen molar-refractivity contribution in [1.29, 1.82) is 0 Å². The first-order chi connectivity index (χ1) is 11.3. The lowest BCUT2D eigenvalue weighted by molar-refractivity contribution is -0.117. The van der Waals surface area contributed by atoms with Crippen LogP contribution in [0.3, 0.4) is 0 Å². The van der Waals surface area contributed by atoms with E-state index in [1.54, 1.807) is 31.2 Å². The van der Waals surface area contributed by atoms with E-state index in [9.17, 15) is 18.0 Å². The molecule has 1 saturated heterocycles. The van der Waals surface area contributed by atoms with Gasteiger partial charge in [-0.15, -0.1) is 0 Å². The quantitative estimate of drug-likeness (QED) is 0.712. The third-order valence-corrected chi connectivity index (χ3v) is 5.41. The summed E-state index contributed by atoms with van der Waals surface area (Å²) in [5.41, 5.74) is 0.551. The molecule has 0 saturated carbocycles. The van der Waals surface area contributed by atoms with Crippen molar-refractivity contribution < 1.29 is 22.7 Å². The Morgan fingerprint density at radius 1 is 1.33 bits per heavy atom. The maximum Gasteiger partial charge on any atom is 0.315 e. The maximum absolute atomic E-state index is 12.1. The Bertz CT molecular complexity index is 720. The molecule has 1 aromatic rings. The van der Waals surface area contributed by atoms with Crippen LogP contribution in [0.15, 0.2) is 24.3 Å². The van der Waals surface area contributed by atoms with Gasteiger partial charge in [0.2, 0.25) is 5.91 Å². The van der Waals surface area contributed by atoms with Gasteiger partial charge in [0.15, 0.2) is 9.84 Å². The summed E-state index contributed by atoms with van der Waals surface area (Å²) < 4.78 is 27.8. The number of nitrogens with one attached hydrogen (secondary N) is 3. The van der Waals surface area contributed by atoms with Crippen molar-refractivity contribution in [3.8, 4) is 5.75 Å². The van der Waals surface area contributed by atoms with E-state index in [0.717, 1.165) is 0 Å². The molecule has 1 aliphatic heterocycles. The van der Waals surface area contributed by atoms with Crippen molar-refractivity contribution in [3.05, 3.63) is 24.3 Å². The normalized spacial score (nSPS) is 20.0. The zero-order valence-corrected chi connectivity index (χ0v) is 14.4. The first-order valence-corrected chi connectivity index (χ1v) is 9.33. The summed E-state index contributed by atoms with van der Waals surface area (Å²) in [5.74, 6) is 0.222. The van der Waals surface area contributed by atoms with E-state index in [4.69, 9.17) is 4.74 Å². The van der Waals surface area contributed by atoms with Crippen LogP contribution in [-0.2, 0) is 14.6 Å². The van der Waals surface area contributed by atoms with Crippen molar-refractivity contribution in [2.24, 2.45) is 0 Å². The minimum Gasteiger partial charge on any atom is -0.497 e. The number of ether oxygens (including phenoxy) is 1. The second kappa shape index (κ2) is 7.52. The molecule has 2 atom stereocenters. The molecule has 8 nitrogen and oxygen atoms in total. The first kappa shape index (κ1) is 18.1. The van der Waals surface area contributed by atoms with E-state index in [0.29, 0.717) is 17.9 Å². The summed E-state index contributed by atoms with van der Waals surface area (Å²) in [5, 5.41) is 7.74. The topological polar surface area (TPSA) is 114 Å². The van der Waals surface area contributed by atoms with Gasteiger partial charge in [-0.05, 0) is 25.5 Å². The van der Waals surface area contributed by atoms with Crippen molar-refractivity contribution in [2.45, 2.75) is 25.4 Å². The van der Waals surface area contributed by atoms with E-state index < -0.39 is 33.9 Å². The number of benzene rings is 1. The van der Waals surface area contributed by atoms with Gasteiger partial charge in [0.05, 0.1) is 18.6 Å². The number of hydrogen-bond acceptors (Lipinski definition) is 5. The lowest BCUT2D eigenvalue weighted by Crippen LogP contribution is -2.49. The fraction of sp³-hybridized carbons (Fsp3) is 0.467. The molecule has 0 unspecified atom stereocenters. The highest BCUT2D eigenvalue weighted by Crippen LogP contribution is 2.16. The van der Waals surface area contributed by atoms with Gasteiger partial charge in [-0.3, -0.25) is 4.79 Å². The van der Waals surface area contributed by atoms with Crippen LogP contribution in [-0.4, -0.2) is 51.1 Å². The van der Waals surface area contributed by atoms with Crippen molar-refractivity contribution in [3.63, 3.8) is 0 Å². The predicted octanol–water partition coefficient (Wildman–Crippen LogP) is 0.508. The van der Waals surface area contributed by atoms with Crippen LogP contribution in [0.5, 0.6) is 5.75 Å². The highest BCUT2D eigenvalue weighted by molar-refractivity contribution is 7.91. The molecule has 0 aromatic heterocycles. The van der Waals surface area contributed by atoms with Crippen LogP contribution in [0.25, 0.3) is 0 Å². The van der Waals surface area contributed by atoms with E-state index in [1.807, 2.05) is 0 Å². The van der Waals surface area contributed by atoms with Gasteiger partial charge >= 0.3 is 6.03 Å². The highest BCUT2D eigenvalue weighted by atomic mass is 32.2. The lowest BCUT2D eigenvalue weighted by Gasteiger charge is -2.17. The summed E-state index contributed by atoms with van der Waals surface area (Å²) >= 11 is 0. The summed E-state index contributed by atoms with van der Waals surface area (Å²) in [6.07, 6.45) is 0.389. The van der Waals surface area contributed by atoms with Gasteiger partial charge in [-0.25, -0.2) is 13.2 Å².